The number of aryl methyl sites for hydroxylation is 1. The SMILES string of the molecule is CCOC(=O)c1cnc2c(oc3ccccc32)c1N(CC)S(=O)(=O)c1ccc(C)cc1. The van der Waals surface area contributed by atoms with Crippen molar-refractivity contribution < 1.29 is 22.4 Å². The van der Waals surface area contributed by atoms with Gasteiger partial charge in [-0.1, -0.05) is 29.8 Å². The van der Waals surface area contributed by atoms with Crippen LogP contribution >= 0.6 is 0 Å². The van der Waals surface area contributed by atoms with E-state index in [2.05, 4.69) is 4.98 Å². The zero-order chi connectivity index (χ0) is 22.2. The first-order chi connectivity index (χ1) is 14.9. The molecule has 0 radical (unpaired) electrons. The summed E-state index contributed by atoms with van der Waals surface area (Å²) in [6.07, 6.45) is 1.35. The van der Waals surface area contributed by atoms with E-state index in [9.17, 15) is 13.2 Å². The number of fused-ring (bicyclic) bond motifs is 3. The molecule has 0 saturated carbocycles. The highest BCUT2D eigenvalue weighted by Crippen LogP contribution is 2.38. The molecule has 8 heteroatoms. The number of pyridine rings is 1. The third-order valence-corrected chi connectivity index (χ3v) is 6.89. The Hall–Kier alpha value is -3.39. The van der Waals surface area contributed by atoms with Crippen LogP contribution < -0.4 is 4.31 Å². The van der Waals surface area contributed by atoms with Crippen molar-refractivity contribution in [1.82, 2.24) is 4.98 Å². The van der Waals surface area contributed by atoms with Crippen molar-refractivity contribution in [2.24, 2.45) is 0 Å². The minimum absolute atomic E-state index is 0.0333. The molecule has 0 spiro atoms. The zero-order valence-electron chi connectivity index (χ0n) is 17.5. The van der Waals surface area contributed by atoms with E-state index in [0.29, 0.717) is 11.1 Å². The molecule has 4 rings (SSSR count). The standard InChI is InChI=1S/C23H22N2O5S/c1-4-25(31(27,28)16-12-10-15(3)11-13-16)21-18(23(26)29-5-2)14-24-20-17-8-6-7-9-19(17)30-22(20)21/h6-14H,4-5H2,1-3H3. The minimum Gasteiger partial charge on any atom is -0.462 e. The first-order valence-electron chi connectivity index (χ1n) is 9.95. The smallest absolute Gasteiger partial charge is 0.342 e. The molecule has 7 nitrogen and oxygen atoms in total. The molecule has 0 atom stereocenters. The van der Waals surface area contributed by atoms with Crippen molar-refractivity contribution in [1.29, 1.82) is 0 Å². The van der Waals surface area contributed by atoms with Crippen molar-refractivity contribution in [2.45, 2.75) is 25.7 Å². The maximum Gasteiger partial charge on any atom is 0.342 e. The Morgan fingerprint density at radius 1 is 1.10 bits per heavy atom. The summed E-state index contributed by atoms with van der Waals surface area (Å²) in [7, 11) is -3.98. The Morgan fingerprint density at radius 2 is 1.81 bits per heavy atom. The van der Waals surface area contributed by atoms with Crippen LogP contribution in [0.1, 0.15) is 29.8 Å². The largest absolute Gasteiger partial charge is 0.462 e. The third-order valence-electron chi connectivity index (χ3n) is 5.00. The molecule has 31 heavy (non-hydrogen) atoms. The van der Waals surface area contributed by atoms with Gasteiger partial charge in [0.2, 0.25) is 0 Å². The van der Waals surface area contributed by atoms with E-state index in [0.717, 1.165) is 10.9 Å². The predicted molar refractivity (Wildman–Crippen MR) is 119 cm³/mol. The fraction of sp³-hybridized carbons (Fsp3) is 0.217. The van der Waals surface area contributed by atoms with Crippen LogP contribution in [0, 0.1) is 6.92 Å². The number of rotatable bonds is 6. The van der Waals surface area contributed by atoms with Crippen molar-refractivity contribution in [3.8, 4) is 0 Å². The number of benzene rings is 2. The lowest BCUT2D eigenvalue weighted by molar-refractivity contribution is 0.0527. The number of ether oxygens (including phenoxy) is 1. The first-order valence-corrected chi connectivity index (χ1v) is 11.4. The van der Waals surface area contributed by atoms with Gasteiger partial charge in [-0.2, -0.15) is 0 Å². The van der Waals surface area contributed by atoms with Crippen LogP contribution in [0.15, 0.2) is 64.0 Å². The van der Waals surface area contributed by atoms with Crippen molar-refractivity contribution in [3.63, 3.8) is 0 Å². The molecular weight excluding hydrogens is 416 g/mol. The number of carbonyl (C=O) groups excluding carboxylic acids is 1. The summed E-state index contributed by atoms with van der Waals surface area (Å²) < 4.78 is 39.5. The fourth-order valence-corrected chi connectivity index (χ4v) is 5.02. The molecule has 2 heterocycles. The number of anilines is 1. The highest BCUT2D eigenvalue weighted by molar-refractivity contribution is 7.92. The molecule has 0 unspecified atom stereocenters. The lowest BCUT2D eigenvalue weighted by Crippen LogP contribution is -2.32. The van der Waals surface area contributed by atoms with Gasteiger partial charge in [-0.3, -0.25) is 9.29 Å². The summed E-state index contributed by atoms with van der Waals surface area (Å²) in [6.45, 7) is 5.50. The normalized spacial score (nSPS) is 11.7. The summed E-state index contributed by atoms with van der Waals surface area (Å²) in [6, 6.07) is 13.8. The van der Waals surface area contributed by atoms with E-state index in [1.807, 2.05) is 25.1 Å². The molecular formula is C23H22N2O5S. The average Bonchev–Trinajstić information content (AvgIpc) is 3.13. The second-order valence-electron chi connectivity index (χ2n) is 7.00. The molecule has 0 aliphatic carbocycles. The molecule has 2 aromatic heterocycles. The maximum atomic E-state index is 13.6. The fourth-order valence-electron chi connectivity index (χ4n) is 3.52. The van der Waals surface area contributed by atoms with Gasteiger partial charge in [0, 0.05) is 18.1 Å². The number of hydrogen-bond donors (Lipinski definition) is 0. The van der Waals surface area contributed by atoms with Crippen LogP contribution in [0.2, 0.25) is 0 Å². The van der Waals surface area contributed by atoms with Gasteiger partial charge in [0.25, 0.3) is 10.0 Å². The summed E-state index contributed by atoms with van der Waals surface area (Å²) in [4.78, 5) is 17.2. The van der Waals surface area contributed by atoms with Crippen LogP contribution in [0.5, 0.6) is 0 Å². The number of carbonyl (C=O) groups is 1. The van der Waals surface area contributed by atoms with Crippen LogP contribution in [0.4, 0.5) is 5.69 Å². The molecule has 0 amide bonds. The van der Waals surface area contributed by atoms with Crippen molar-refractivity contribution >= 4 is 43.7 Å². The number of para-hydroxylation sites is 1. The van der Waals surface area contributed by atoms with Gasteiger partial charge in [0.05, 0.1) is 11.5 Å². The van der Waals surface area contributed by atoms with Crippen LogP contribution in [0.25, 0.3) is 22.1 Å². The van der Waals surface area contributed by atoms with Crippen LogP contribution in [-0.4, -0.2) is 32.5 Å². The lowest BCUT2D eigenvalue weighted by Gasteiger charge is -2.24. The number of sulfonamides is 1. The van der Waals surface area contributed by atoms with Gasteiger partial charge in [0.15, 0.2) is 5.58 Å². The third kappa shape index (κ3) is 3.53. The summed E-state index contributed by atoms with van der Waals surface area (Å²) in [5.74, 6) is -0.662. The highest BCUT2D eigenvalue weighted by atomic mass is 32.2. The van der Waals surface area contributed by atoms with Crippen LogP contribution in [-0.2, 0) is 14.8 Å². The van der Waals surface area contributed by atoms with E-state index < -0.39 is 16.0 Å². The molecule has 0 bridgehead atoms. The number of aromatic nitrogens is 1. The number of nitrogens with zero attached hydrogens (tertiary/aromatic N) is 2. The summed E-state index contributed by atoms with van der Waals surface area (Å²) in [5.41, 5.74) is 2.36. The van der Waals surface area contributed by atoms with E-state index in [1.54, 1.807) is 44.2 Å². The second kappa shape index (κ2) is 8.03. The Balaban J connectivity index is 2.03. The molecule has 2 aromatic carbocycles. The van der Waals surface area contributed by atoms with E-state index in [-0.39, 0.29) is 34.9 Å². The Kier molecular flexibility index (Phi) is 5.41. The Bertz CT molecular complexity index is 1370. The average molecular weight is 439 g/mol. The summed E-state index contributed by atoms with van der Waals surface area (Å²) in [5, 5.41) is 0.734. The van der Waals surface area contributed by atoms with E-state index in [4.69, 9.17) is 9.15 Å². The van der Waals surface area contributed by atoms with Crippen LogP contribution in [0.3, 0.4) is 0 Å². The highest BCUT2D eigenvalue weighted by Gasteiger charge is 2.32. The van der Waals surface area contributed by atoms with Gasteiger partial charge in [-0.05, 0) is 45.0 Å². The molecule has 0 N–H and O–H groups in total. The quantitative estimate of drug-likeness (QED) is 0.406. The monoisotopic (exact) mass is 438 g/mol. The molecule has 0 aliphatic rings. The molecule has 0 aliphatic heterocycles. The van der Waals surface area contributed by atoms with E-state index in [1.165, 1.54) is 10.5 Å². The zero-order valence-corrected chi connectivity index (χ0v) is 18.3. The molecule has 0 fully saturated rings. The van der Waals surface area contributed by atoms with Gasteiger partial charge in [-0.25, -0.2) is 13.2 Å². The van der Waals surface area contributed by atoms with Crippen molar-refractivity contribution in [2.75, 3.05) is 17.5 Å². The lowest BCUT2D eigenvalue weighted by atomic mass is 10.1. The number of hydrogen-bond acceptors (Lipinski definition) is 6. The first kappa shape index (κ1) is 20.9. The number of esters is 1. The molecule has 160 valence electrons. The van der Waals surface area contributed by atoms with E-state index >= 15 is 0 Å². The molecule has 0 saturated heterocycles. The summed E-state index contributed by atoms with van der Waals surface area (Å²) >= 11 is 0. The topological polar surface area (TPSA) is 89.7 Å². The second-order valence-corrected chi connectivity index (χ2v) is 8.86. The molecule has 4 aromatic rings. The van der Waals surface area contributed by atoms with Crippen molar-refractivity contribution in [3.05, 3.63) is 65.9 Å². The maximum absolute atomic E-state index is 13.6. The van der Waals surface area contributed by atoms with Gasteiger partial charge in [-0.15, -0.1) is 0 Å². The Morgan fingerprint density at radius 3 is 2.48 bits per heavy atom. The minimum atomic E-state index is -3.98. The van der Waals surface area contributed by atoms with Gasteiger partial charge >= 0.3 is 5.97 Å². The number of furan rings is 1. The van der Waals surface area contributed by atoms with Gasteiger partial charge < -0.3 is 9.15 Å². The van der Waals surface area contributed by atoms with Gasteiger partial charge in [0.1, 0.15) is 22.4 Å². The Labute approximate surface area is 180 Å². The predicted octanol–water partition coefficient (Wildman–Crippen LogP) is 4.68.